The first-order valence-corrected chi connectivity index (χ1v) is 6.33. The van der Waals surface area contributed by atoms with Crippen molar-refractivity contribution in [1.82, 2.24) is 19.5 Å². The minimum Gasteiger partial charge on any atom is -0.476 e. The first-order valence-electron chi connectivity index (χ1n) is 6.33. The molecule has 0 unspecified atom stereocenters. The van der Waals surface area contributed by atoms with Crippen molar-refractivity contribution in [3.8, 4) is 0 Å². The third-order valence-electron chi connectivity index (χ3n) is 3.31. The molecule has 0 aliphatic carbocycles. The van der Waals surface area contributed by atoms with Crippen molar-refractivity contribution in [3.05, 3.63) is 58.3 Å². The molecule has 7 nitrogen and oxygen atoms in total. The Balaban J connectivity index is 2.22. The minimum absolute atomic E-state index is 0.199. The molecule has 3 aromatic rings. The number of imidazole rings is 1. The summed E-state index contributed by atoms with van der Waals surface area (Å²) in [7, 11) is 0. The number of rotatable bonds is 3. The van der Waals surface area contributed by atoms with E-state index in [2.05, 4.69) is 15.0 Å². The number of fused-ring (bicyclic) bond motifs is 1. The molecule has 0 saturated carbocycles. The highest BCUT2D eigenvalue weighted by Crippen LogP contribution is 2.19. The predicted molar refractivity (Wildman–Crippen MR) is 75.4 cm³/mol. The molecule has 1 atom stereocenters. The third-order valence-corrected chi connectivity index (χ3v) is 3.31. The number of aromatic carboxylic acids is 1. The molecule has 2 N–H and O–H groups in total. The number of aromatic amines is 1. The molecule has 0 amide bonds. The molecule has 1 aromatic carbocycles. The van der Waals surface area contributed by atoms with Crippen LogP contribution in [-0.4, -0.2) is 30.6 Å². The summed E-state index contributed by atoms with van der Waals surface area (Å²) in [6.07, 6.45) is 1.12. The van der Waals surface area contributed by atoms with E-state index in [4.69, 9.17) is 5.11 Å². The smallest absolute Gasteiger partial charge is 0.356 e. The van der Waals surface area contributed by atoms with Crippen molar-refractivity contribution in [2.45, 2.75) is 13.0 Å². The van der Waals surface area contributed by atoms with Crippen LogP contribution in [0.5, 0.6) is 0 Å². The van der Waals surface area contributed by atoms with Gasteiger partial charge in [0.15, 0.2) is 17.0 Å². The summed E-state index contributed by atoms with van der Waals surface area (Å²) in [6, 6.07) is 9.14. The molecule has 2 aromatic heterocycles. The fourth-order valence-corrected chi connectivity index (χ4v) is 2.24. The summed E-state index contributed by atoms with van der Waals surface area (Å²) in [5.41, 5.74) is 0.853. The van der Waals surface area contributed by atoms with Crippen molar-refractivity contribution < 1.29 is 9.90 Å². The molecule has 21 heavy (non-hydrogen) atoms. The highest BCUT2D eigenvalue weighted by Gasteiger charge is 2.18. The van der Waals surface area contributed by atoms with Gasteiger partial charge in [0.05, 0.1) is 12.2 Å². The quantitative estimate of drug-likeness (QED) is 0.757. The van der Waals surface area contributed by atoms with Gasteiger partial charge < -0.3 is 5.11 Å². The van der Waals surface area contributed by atoms with E-state index < -0.39 is 5.97 Å². The van der Waals surface area contributed by atoms with Gasteiger partial charge in [-0.25, -0.2) is 19.6 Å². The van der Waals surface area contributed by atoms with E-state index in [-0.39, 0.29) is 28.7 Å². The second kappa shape index (κ2) is 4.86. The summed E-state index contributed by atoms with van der Waals surface area (Å²) in [5.74, 6) is -1.18. The third kappa shape index (κ3) is 2.18. The van der Waals surface area contributed by atoms with Crippen LogP contribution in [0.3, 0.4) is 0 Å². The SMILES string of the molecule is C[C@@H](c1ccccc1)n1c(=O)[nH]c2ncc(C(=O)O)nc21. The number of carboxylic acid groups (broad SMARTS) is 1. The summed E-state index contributed by atoms with van der Waals surface area (Å²) >= 11 is 0. The topological polar surface area (TPSA) is 101 Å². The lowest BCUT2D eigenvalue weighted by molar-refractivity contribution is 0.0690. The Morgan fingerprint density at radius 3 is 2.71 bits per heavy atom. The maximum atomic E-state index is 12.1. The van der Waals surface area contributed by atoms with Gasteiger partial charge in [-0.3, -0.25) is 9.55 Å². The van der Waals surface area contributed by atoms with Gasteiger partial charge in [-0.1, -0.05) is 30.3 Å². The molecular formula is C14H12N4O3. The van der Waals surface area contributed by atoms with Crippen LogP contribution in [0.2, 0.25) is 0 Å². The summed E-state index contributed by atoms with van der Waals surface area (Å²) in [4.78, 5) is 33.7. The van der Waals surface area contributed by atoms with E-state index in [0.717, 1.165) is 11.8 Å². The molecule has 0 aliphatic rings. The lowest BCUT2D eigenvalue weighted by atomic mass is 10.1. The van der Waals surface area contributed by atoms with E-state index in [0.29, 0.717) is 0 Å². The molecule has 0 fully saturated rings. The number of hydrogen-bond donors (Lipinski definition) is 2. The van der Waals surface area contributed by atoms with E-state index in [1.807, 2.05) is 37.3 Å². The van der Waals surface area contributed by atoms with E-state index in [1.54, 1.807) is 0 Å². The number of carboxylic acids is 1. The summed E-state index contributed by atoms with van der Waals surface area (Å²) in [6.45, 7) is 1.85. The van der Waals surface area contributed by atoms with Crippen molar-refractivity contribution in [3.63, 3.8) is 0 Å². The monoisotopic (exact) mass is 284 g/mol. The molecule has 0 bridgehead atoms. The molecule has 0 aliphatic heterocycles. The number of nitrogens with zero attached hydrogens (tertiary/aromatic N) is 3. The van der Waals surface area contributed by atoms with Crippen molar-refractivity contribution in [1.29, 1.82) is 0 Å². The number of benzene rings is 1. The molecule has 3 rings (SSSR count). The predicted octanol–water partition coefficient (Wildman–Crippen LogP) is 1.43. The Bertz CT molecular complexity index is 867. The van der Waals surface area contributed by atoms with Gasteiger partial charge in [-0.2, -0.15) is 0 Å². The van der Waals surface area contributed by atoms with Crippen LogP contribution in [-0.2, 0) is 0 Å². The molecule has 2 heterocycles. The van der Waals surface area contributed by atoms with Gasteiger partial charge in [0.2, 0.25) is 0 Å². The van der Waals surface area contributed by atoms with Crippen LogP contribution >= 0.6 is 0 Å². The Hall–Kier alpha value is -2.96. The number of aromatic nitrogens is 4. The van der Waals surface area contributed by atoms with E-state index >= 15 is 0 Å². The second-order valence-electron chi connectivity index (χ2n) is 4.62. The number of nitrogens with one attached hydrogen (secondary N) is 1. The largest absolute Gasteiger partial charge is 0.476 e. The fraction of sp³-hybridized carbons (Fsp3) is 0.143. The first-order chi connectivity index (χ1) is 10.1. The number of hydrogen-bond acceptors (Lipinski definition) is 4. The number of carbonyl (C=O) groups is 1. The zero-order valence-electron chi connectivity index (χ0n) is 11.1. The Morgan fingerprint density at radius 2 is 2.05 bits per heavy atom. The molecular weight excluding hydrogens is 272 g/mol. The highest BCUT2D eigenvalue weighted by atomic mass is 16.4. The number of H-pyrrole nitrogens is 1. The standard InChI is InChI=1S/C14H12N4O3/c1-8(9-5-3-2-4-6-9)18-12-11(17-14(18)21)15-7-10(16-12)13(19)20/h2-8H,1H3,(H,19,20)(H,15,17,21)/t8-/m0/s1. The fourth-order valence-electron chi connectivity index (χ4n) is 2.24. The zero-order valence-corrected chi connectivity index (χ0v) is 11.1. The summed E-state index contributed by atoms with van der Waals surface area (Å²) in [5, 5.41) is 9.00. The normalized spacial score (nSPS) is 12.4. The van der Waals surface area contributed by atoms with Gasteiger partial charge in [0, 0.05) is 0 Å². The van der Waals surface area contributed by atoms with Crippen LogP contribution < -0.4 is 5.69 Å². The Kier molecular flexibility index (Phi) is 3.02. The van der Waals surface area contributed by atoms with E-state index in [9.17, 15) is 9.59 Å². The van der Waals surface area contributed by atoms with Gasteiger partial charge in [0.25, 0.3) is 0 Å². The first kappa shape index (κ1) is 13.0. The molecule has 106 valence electrons. The molecule has 0 saturated heterocycles. The van der Waals surface area contributed by atoms with Crippen LogP contribution in [0.4, 0.5) is 0 Å². The zero-order chi connectivity index (χ0) is 15.0. The lowest BCUT2D eigenvalue weighted by Crippen LogP contribution is -2.21. The highest BCUT2D eigenvalue weighted by molar-refractivity contribution is 5.86. The molecule has 0 radical (unpaired) electrons. The average molecular weight is 284 g/mol. The van der Waals surface area contributed by atoms with E-state index in [1.165, 1.54) is 4.57 Å². The second-order valence-corrected chi connectivity index (χ2v) is 4.62. The van der Waals surface area contributed by atoms with Crippen LogP contribution in [0.15, 0.2) is 41.3 Å². The van der Waals surface area contributed by atoms with Gasteiger partial charge in [0.1, 0.15) is 0 Å². The lowest BCUT2D eigenvalue weighted by Gasteiger charge is -2.13. The maximum Gasteiger partial charge on any atom is 0.356 e. The Morgan fingerprint density at radius 1 is 1.33 bits per heavy atom. The average Bonchev–Trinajstić information content (AvgIpc) is 2.82. The summed E-state index contributed by atoms with van der Waals surface area (Å²) < 4.78 is 1.41. The van der Waals surface area contributed by atoms with Gasteiger partial charge in [-0.05, 0) is 12.5 Å². The van der Waals surface area contributed by atoms with Crippen molar-refractivity contribution in [2.24, 2.45) is 0 Å². The minimum atomic E-state index is -1.18. The van der Waals surface area contributed by atoms with Crippen LogP contribution in [0.1, 0.15) is 29.0 Å². The van der Waals surface area contributed by atoms with Crippen molar-refractivity contribution in [2.75, 3.05) is 0 Å². The van der Waals surface area contributed by atoms with Gasteiger partial charge >= 0.3 is 11.7 Å². The molecule has 7 heteroatoms. The van der Waals surface area contributed by atoms with Crippen LogP contribution in [0.25, 0.3) is 11.3 Å². The van der Waals surface area contributed by atoms with Crippen molar-refractivity contribution >= 4 is 17.3 Å². The van der Waals surface area contributed by atoms with Crippen LogP contribution in [0, 0.1) is 0 Å². The van der Waals surface area contributed by atoms with Gasteiger partial charge in [-0.15, -0.1) is 0 Å². The maximum absolute atomic E-state index is 12.1. The Labute approximate surface area is 118 Å². The molecule has 0 spiro atoms.